The molecule has 0 aliphatic heterocycles. The lowest BCUT2D eigenvalue weighted by molar-refractivity contribution is -0.159. The van der Waals surface area contributed by atoms with Crippen LogP contribution in [0.5, 0.6) is 0 Å². The van der Waals surface area contributed by atoms with E-state index in [1.807, 2.05) is 60.7 Å². The molecule has 0 aliphatic rings. The van der Waals surface area contributed by atoms with Gasteiger partial charge in [0.15, 0.2) is 0 Å². The number of esters is 2. The Labute approximate surface area is 194 Å². The van der Waals surface area contributed by atoms with Crippen LogP contribution in [0.4, 0.5) is 0 Å². The molecule has 0 heterocycles. The van der Waals surface area contributed by atoms with E-state index in [9.17, 15) is 14.4 Å². The molecule has 0 aliphatic carbocycles. The van der Waals surface area contributed by atoms with Crippen molar-refractivity contribution in [3.63, 3.8) is 0 Å². The predicted octanol–water partition coefficient (Wildman–Crippen LogP) is 2.71. The zero-order chi connectivity index (χ0) is 24.3. The number of carbonyl (C=O) groups excluding carboxylic acids is 3. The van der Waals surface area contributed by atoms with Gasteiger partial charge >= 0.3 is 11.9 Å². The largest absolute Gasteiger partial charge is 0.469 e. The summed E-state index contributed by atoms with van der Waals surface area (Å²) in [6.07, 6.45) is -0.0409. The predicted molar refractivity (Wildman–Crippen MR) is 123 cm³/mol. The highest BCUT2D eigenvalue weighted by atomic mass is 16.6. The van der Waals surface area contributed by atoms with Gasteiger partial charge in [-0.2, -0.15) is 5.48 Å². The molecule has 0 radical (unpaired) electrons. The zero-order valence-electron chi connectivity index (χ0n) is 19.5. The number of hydroxylamine groups is 1. The van der Waals surface area contributed by atoms with Crippen LogP contribution in [0.2, 0.25) is 0 Å². The first-order valence-corrected chi connectivity index (χ1v) is 10.7. The van der Waals surface area contributed by atoms with E-state index in [1.165, 1.54) is 7.11 Å². The van der Waals surface area contributed by atoms with Crippen molar-refractivity contribution < 1.29 is 28.7 Å². The second-order valence-electron chi connectivity index (χ2n) is 8.51. The molecule has 2 rings (SSSR count). The van der Waals surface area contributed by atoms with Crippen LogP contribution in [0.15, 0.2) is 60.7 Å². The summed E-state index contributed by atoms with van der Waals surface area (Å²) in [4.78, 5) is 43.2. The van der Waals surface area contributed by atoms with Crippen molar-refractivity contribution in [3.05, 3.63) is 71.8 Å². The SMILES string of the molecule is COC(=O)C[C@@H](NOCc1ccccc1)C(=O)N[C@@H](Cc1ccccc1)C(=O)OC(C)(C)C. The van der Waals surface area contributed by atoms with Gasteiger partial charge in [0.25, 0.3) is 0 Å². The summed E-state index contributed by atoms with van der Waals surface area (Å²) in [5.41, 5.74) is 3.64. The van der Waals surface area contributed by atoms with E-state index in [0.717, 1.165) is 11.1 Å². The lowest BCUT2D eigenvalue weighted by atomic mass is 10.0. The van der Waals surface area contributed by atoms with E-state index in [1.54, 1.807) is 20.8 Å². The fraction of sp³-hybridized carbons (Fsp3) is 0.400. The van der Waals surface area contributed by atoms with Crippen LogP contribution in [0.25, 0.3) is 0 Å². The van der Waals surface area contributed by atoms with Gasteiger partial charge in [-0.15, -0.1) is 0 Å². The van der Waals surface area contributed by atoms with Crippen LogP contribution in [0.1, 0.15) is 38.3 Å². The van der Waals surface area contributed by atoms with Gasteiger partial charge in [0, 0.05) is 6.42 Å². The number of nitrogens with one attached hydrogen (secondary N) is 2. The summed E-state index contributed by atoms with van der Waals surface area (Å²) in [7, 11) is 1.24. The van der Waals surface area contributed by atoms with Crippen molar-refractivity contribution in [1.82, 2.24) is 10.8 Å². The molecule has 8 heteroatoms. The number of hydrogen-bond donors (Lipinski definition) is 2. The van der Waals surface area contributed by atoms with Gasteiger partial charge in [-0.05, 0) is 31.9 Å². The first kappa shape index (κ1) is 26.0. The molecule has 2 atom stereocenters. The Bertz CT molecular complexity index is 896. The van der Waals surface area contributed by atoms with Gasteiger partial charge in [0.2, 0.25) is 5.91 Å². The van der Waals surface area contributed by atoms with Gasteiger partial charge in [-0.3, -0.25) is 14.4 Å². The van der Waals surface area contributed by atoms with Crippen LogP contribution in [0.3, 0.4) is 0 Å². The lowest BCUT2D eigenvalue weighted by Crippen LogP contribution is -2.52. The summed E-state index contributed by atoms with van der Waals surface area (Å²) in [6, 6.07) is 16.6. The minimum Gasteiger partial charge on any atom is -0.469 e. The Kier molecular flexibility index (Phi) is 10.0. The van der Waals surface area contributed by atoms with Crippen LogP contribution in [-0.2, 0) is 41.7 Å². The van der Waals surface area contributed by atoms with Crippen molar-refractivity contribution in [2.45, 2.75) is 57.9 Å². The summed E-state index contributed by atoms with van der Waals surface area (Å²) >= 11 is 0. The Morgan fingerprint density at radius 3 is 2.00 bits per heavy atom. The van der Waals surface area contributed by atoms with Gasteiger partial charge in [0.05, 0.1) is 20.1 Å². The van der Waals surface area contributed by atoms with Crippen LogP contribution in [0, 0.1) is 0 Å². The molecule has 2 aromatic carbocycles. The second kappa shape index (κ2) is 12.7. The van der Waals surface area contributed by atoms with E-state index in [-0.39, 0.29) is 19.4 Å². The molecule has 0 bridgehead atoms. The van der Waals surface area contributed by atoms with Gasteiger partial charge in [-0.1, -0.05) is 60.7 Å². The molecule has 2 aromatic rings. The minimum absolute atomic E-state index is 0.186. The summed E-state index contributed by atoms with van der Waals surface area (Å²) < 4.78 is 10.2. The molecule has 0 fully saturated rings. The molecule has 178 valence electrons. The first-order valence-electron chi connectivity index (χ1n) is 10.7. The van der Waals surface area contributed by atoms with Crippen LogP contribution >= 0.6 is 0 Å². The van der Waals surface area contributed by atoms with E-state index in [2.05, 4.69) is 10.8 Å². The number of hydrogen-bond acceptors (Lipinski definition) is 7. The normalized spacial score (nSPS) is 13.0. The summed E-state index contributed by atoms with van der Waals surface area (Å²) in [5.74, 6) is -1.75. The average molecular weight is 457 g/mol. The number of ether oxygens (including phenoxy) is 2. The van der Waals surface area contributed by atoms with Gasteiger partial charge in [-0.25, -0.2) is 4.79 Å². The molecule has 1 amide bonds. The van der Waals surface area contributed by atoms with Crippen molar-refractivity contribution in [2.24, 2.45) is 0 Å². The number of carbonyl (C=O) groups is 3. The van der Waals surface area contributed by atoms with E-state index < -0.39 is 35.5 Å². The Morgan fingerprint density at radius 2 is 1.45 bits per heavy atom. The monoisotopic (exact) mass is 456 g/mol. The van der Waals surface area contributed by atoms with E-state index in [0.29, 0.717) is 0 Å². The standard InChI is InChI=1S/C25H32N2O6/c1-25(2,3)33-24(30)21(15-18-11-7-5-8-12-18)26-23(29)20(16-22(28)31-4)27-32-17-19-13-9-6-10-14-19/h5-14,20-21,27H,15-17H2,1-4H3,(H,26,29)/t20-,21+/m1/s1. The molecule has 0 aromatic heterocycles. The molecule has 0 unspecified atom stereocenters. The summed E-state index contributed by atoms with van der Waals surface area (Å²) in [5, 5.41) is 2.70. The fourth-order valence-corrected chi connectivity index (χ4v) is 2.93. The van der Waals surface area contributed by atoms with Crippen LogP contribution in [-0.4, -0.2) is 42.6 Å². The Balaban J connectivity index is 2.11. The molecule has 0 saturated carbocycles. The van der Waals surface area contributed by atoms with E-state index >= 15 is 0 Å². The fourth-order valence-electron chi connectivity index (χ4n) is 2.93. The maximum atomic E-state index is 13.0. The summed E-state index contributed by atoms with van der Waals surface area (Å²) in [6.45, 7) is 5.45. The minimum atomic E-state index is -1.07. The van der Waals surface area contributed by atoms with Crippen molar-refractivity contribution in [3.8, 4) is 0 Å². The Morgan fingerprint density at radius 1 is 0.879 bits per heavy atom. The van der Waals surface area contributed by atoms with Crippen molar-refractivity contribution in [1.29, 1.82) is 0 Å². The topological polar surface area (TPSA) is 103 Å². The third-order valence-corrected chi connectivity index (χ3v) is 4.51. The van der Waals surface area contributed by atoms with Gasteiger partial charge < -0.3 is 14.8 Å². The quantitative estimate of drug-likeness (QED) is 0.396. The highest BCUT2D eigenvalue weighted by molar-refractivity contribution is 5.90. The molecule has 0 saturated heterocycles. The maximum absolute atomic E-state index is 13.0. The number of rotatable bonds is 11. The average Bonchev–Trinajstić information content (AvgIpc) is 2.78. The molecular formula is C25H32N2O6. The number of benzene rings is 2. The molecule has 33 heavy (non-hydrogen) atoms. The zero-order valence-corrected chi connectivity index (χ0v) is 19.5. The third kappa shape index (κ3) is 9.84. The molecule has 0 spiro atoms. The molecule has 2 N–H and O–H groups in total. The van der Waals surface area contributed by atoms with Crippen LogP contribution < -0.4 is 10.8 Å². The number of methoxy groups -OCH3 is 1. The van der Waals surface area contributed by atoms with Crippen molar-refractivity contribution >= 4 is 17.8 Å². The third-order valence-electron chi connectivity index (χ3n) is 4.51. The van der Waals surface area contributed by atoms with Gasteiger partial charge in [0.1, 0.15) is 17.7 Å². The molecule has 8 nitrogen and oxygen atoms in total. The lowest BCUT2D eigenvalue weighted by Gasteiger charge is -2.26. The highest BCUT2D eigenvalue weighted by Crippen LogP contribution is 2.12. The maximum Gasteiger partial charge on any atom is 0.329 e. The smallest absolute Gasteiger partial charge is 0.329 e. The van der Waals surface area contributed by atoms with E-state index in [4.69, 9.17) is 14.3 Å². The second-order valence-corrected chi connectivity index (χ2v) is 8.51. The highest BCUT2D eigenvalue weighted by Gasteiger charge is 2.31. The van der Waals surface area contributed by atoms with Crippen molar-refractivity contribution in [2.75, 3.05) is 7.11 Å². The number of amides is 1. The molecular weight excluding hydrogens is 424 g/mol. The first-order chi connectivity index (χ1) is 15.7. The Hall–Kier alpha value is -3.23.